The number of anilines is 1. The SMILES string of the molecule is CCCCCCCCCCC=CCCCNc1ccccc1C#N. The molecule has 0 saturated carbocycles. The molecule has 1 rings (SSSR count). The van der Waals surface area contributed by atoms with E-state index in [2.05, 4.69) is 30.5 Å². The van der Waals surface area contributed by atoms with Crippen LogP contribution < -0.4 is 5.32 Å². The Bertz CT molecular complexity index is 485. The molecule has 2 heteroatoms. The first-order chi connectivity index (χ1) is 11.9. The fraction of sp³-hybridized carbons (Fsp3) is 0.591. The van der Waals surface area contributed by atoms with Gasteiger partial charge in [0, 0.05) is 6.54 Å². The van der Waals surface area contributed by atoms with Crippen molar-refractivity contribution in [2.75, 3.05) is 11.9 Å². The highest BCUT2D eigenvalue weighted by Gasteiger charge is 1.98. The molecule has 0 atom stereocenters. The predicted octanol–water partition coefficient (Wildman–Crippen LogP) is 6.84. The number of para-hydroxylation sites is 1. The van der Waals surface area contributed by atoms with Crippen molar-refractivity contribution in [2.45, 2.75) is 77.6 Å². The Morgan fingerprint density at radius 3 is 2.21 bits per heavy atom. The summed E-state index contributed by atoms with van der Waals surface area (Å²) < 4.78 is 0. The maximum atomic E-state index is 9.03. The molecule has 0 saturated heterocycles. The van der Waals surface area contributed by atoms with Gasteiger partial charge >= 0.3 is 0 Å². The van der Waals surface area contributed by atoms with Crippen LogP contribution in [0.25, 0.3) is 0 Å². The second-order valence-corrected chi connectivity index (χ2v) is 6.46. The van der Waals surface area contributed by atoms with Gasteiger partial charge in [0.25, 0.3) is 0 Å². The van der Waals surface area contributed by atoms with E-state index in [9.17, 15) is 0 Å². The molecule has 0 bridgehead atoms. The summed E-state index contributed by atoms with van der Waals surface area (Å²) in [6.45, 7) is 3.19. The zero-order valence-corrected chi connectivity index (χ0v) is 15.4. The zero-order chi connectivity index (χ0) is 17.3. The molecule has 0 radical (unpaired) electrons. The topological polar surface area (TPSA) is 35.8 Å². The Balaban J connectivity index is 1.92. The van der Waals surface area contributed by atoms with Crippen molar-refractivity contribution in [3.8, 4) is 6.07 Å². The van der Waals surface area contributed by atoms with E-state index in [-0.39, 0.29) is 0 Å². The minimum Gasteiger partial charge on any atom is -0.384 e. The first kappa shape index (κ1) is 20.3. The van der Waals surface area contributed by atoms with Crippen molar-refractivity contribution in [1.29, 1.82) is 5.26 Å². The van der Waals surface area contributed by atoms with Crippen molar-refractivity contribution in [3.63, 3.8) is 0 Å². The van der Waals surface area contributed by atoms with Crippen LogP contribution in [0.3, 0.4) is 0 Å². The summed E-state index contributed by atoms with van der Waals surface area (Å²) in [6, 6.07) is 9.91. The summed E-state index contributed by atoms with van der Waals surface area (Å²) in [4.78, 5) is 0. The molecule has 1 aromatic carbocycles. The number of hydrogen-bond acceptors (Lipinski definition) is 2. The molecule has 0 aliphatic carbocycles. The molecule has 0 aliphatic heterocycles. The van der Waals surface area contributed by atoms with Crippen LogP contribution in [0.4, 0.5) is 5.69 Å². The van der Waals surface area contributed by atoms with Crippen LogP contribution in [-0.2, 0) is 0 Å². The molecule has 0 amide bonds. The lowest BCUT2D eigenvalue weighted by Crippen LogP contribution is -2.02. The third-order valence-electron chi connectivity index (χ3n) is 4.30. The number of benzene rings is 1. The third kappa shape index (κ3) is 10.1. The molecule has 0 unspecified atom stereocenters. The molecular weight excluding hydrogens is 292 g/mol. The van der Waals surface area contributed by atoms with E-state index in [1.165, 1.54) is 57.8 Å². The number of hydrogen-bond donors (Lipinski definition) is 1. The van der Waals surface area contributed by atoms with E-state index in [1.54, 1.807) is 0 Å². The number of nitriles is 1. The summed E-state index contributed by atoms with van der Waals surface area (Å²) in [5.41, 5.74) is 1.67. The Kier molecular flexibility index (Phi) is 12.5. The van der Waals surface area contributed by atoms with E-state index in [1.807, 2.05) is 24.3 Å². The van der Waals surface area contributed by atoms with Gasteiger partial charge in [0.2, 0.25) is 0 Å². The Labute approximate surface area is 149 Å². The summed E-state index contributed by atoms with van der Waals surface area (Å²) in [7, 11) is 0. The van der Waals surface area contributed by atoms with Crippen LogP contribution in [-0.4, -0.2) is 6.54 Å². The van der Waals surface area contributed by atoms with Crippen LogP contribution in [0.2, 0.25) is 0 Å². The van der Waals surface area contributed by atoms with Crippen LogP contribution in [0.5, 0.6) is 0 Å². The van der Waals surface area contributed by atoms with Gasteiger partial charge in [0.05, 0.1) is 11.3 Å². The highest BCUT2D eigenvalue weighted by atomic mass is 14.9. The van der Waals surface area contributed by atoms with Gasteiger partial charge in [0.1, 0.15) is 6.07 Å². The molecule has 2 nitrogen and oxygen atoms in total. The summed E-state index contributed by atoms with van der Waals surface area (Å²) in [5, 5.41) is 12.4. The maximum absolute atomic E-state index is 9.03. The van der Waals surface area contributed by atoms with Crippen molar-refractivity contribution in [1.82, 2.24) is 0 Å². The summed E-state index contributed by atoms with van der Waals surface area (Å²) >= 11 is 0. The second kappa shape index (κ2) is 14.8. The Morgan fingerprint density at radius 1 is 0.875 bits per heavy atom. The van der Waals surface area contributed by atoms with Gasteiger partial charge in [0.15, 0.2) is 0 Å². The van der Waals surface area contributed by atoms with E-state index in [0.29, 0.717) is 0 Å². The Hall–Kier alpha value is -1.75. The van der Waals surface area contributed by atoms with Crippen LogP contribution in [0.15, 0.2) is 36.4 Å². The van der Waals surface area contributed by atoms with E-state index in [4.69, 9.17) is 5.26 Å². The standard InChI is InChI=1S/C22H34N2/c1-2-3-4-5-6-7-8-9-10-11-12-13-16-19-24-22-18-15-14-17-21(22)20-23/h11-12,14-15,17-18,24H,2-10,13,16,19H2,1H3. The van der Waals surface area contributed by atoms with Crippen molar-refractivity contribution in [3.05, 3.63) is 42.0 Å². The van der Waals surface area contributed by atoms with E-state index >= 15 is 0 Å². The predicted molar refractivity (Wildman–Crippen MR) is 105 cm³/mol. The van der Waals surface area contributed by atoms with Gasteiger partial charge in [-0.1, -0.05) is 76.2 Å². The highest BCUT2D eigenvalue weighted by molar-refractivity contribution is 5.56. The number of nitrogens with zero attached hydrogens (tertiary/aromatic N) is 1. The Morgan fingerprint density at radius 2 is 1.50 bits per heavy atom. The fourth-order valence-electron chi connectivity index (χ4n) is 2.81. The molecule has 1 N–H and O–H groups in total. The molecule has 0 heterocycles. The van der Waals surface area contributed by atoms with Gasteiger partial charge in [-0.3, -0.25) is 0 Å². The average molecular weight is 327 g/mol. The van der Waals surface area contributed by atoms with Gasteiger partial charge in [-0.15, -0.1) is 0 Å². The minimum atomic E-state index is 0.725. The zero-order valence-electron chi connectivity index (χ0n) is 15.4. The monoisotopic (exact) mass is 326 g/mol. The largest absolute Gasteiger partial charge is 0.384 e. The smallest absolute Gasteiger partial charge is 0.101 e. The van der Waals surface area contributed by atoms with Gasteiger partial charge < -0.3 is 5.32 Å². The van der Waals surface area contributed by atoms with Crippen molar-refractivity contribution >= 4 is 5.69 Å². The molecule has 0 fully saturated rings. The fourth-order valence-corrected chi connectivity index (χ4v) is 2.81. The van der Waals surface area contributed by atoms with Gasteiger partial charge in [-0.25, -0.2) is 0 Å². The normalized spacial score (nSPS) is 10.8. The quantitative estimate of drug-likeness (QED) is 0.300. The average Bonchev–Trinajstić information content (AvgIpc) is 2.62. The van der Waals surface area contributed by atoms with E-state index < -0.39 is 0 Å². The lowest BCUT2D eigenvalue weighted by molar-refractivity contribution is 0.577. The molecule has 0 aromatic heterocycles. The van der Waals surface area contributed by atoms with Crippen molar-refractivity contribution in [2.24, 2.45) is 0 Å². The van der Waals surface area contributed by atoms with Gasteiger partial charge in [-0.05, 0) is 37.8 Å². The number of rotatable bonds is 14. The summed E-state index contributed by atoms with van der Waals surface area (Å²) in [5.74, 6) is 0. The van der Waals surface area contributed by atoms with Crippen LogP contribution in [0, 0.1) is 11.3 Å². The van der Waals surface area contributed by atoms with E-state index in [0.717, 1.165) is 30.6 Å². The number of unbranched alkanes of at least 4 members (excludes halogenated alkanes) is 9. The molecular formula is C22H34N2. The highest BCUT2D eigenvalue weighted by Crippen LogP contribution is 2.13. The van der Waals surface area contributed by atoms with Crippen LogP contribution >= 0.6 is 0 Å². The second-order valence-electron chi connectivity index (χ2n) is 6.46. The molecule has 0 aliphatic rings. The molecule has 24 heavy (non-hydrogen) atoms. The first-order valence-electron chi connectivity index (χ1n) is 9.76. The summed E-state index contributed by atoms with van der Waals surface area (Å²) in [6.07, 6.45) is 19.2. The first-order valence-corrected chi connectivity index (χ1v) is 9.76. The molecule has 0 spiro atoms. The maximum Gasteiger partial charge on any atom is 0.101 e. The van der Waals surface area contributed by atoms with Gasteiger partial charge in [-0.2, -0.15) is 5.26 Å². The third-order valence-corrected chi connectivity index (χ3v) is 4.30. The lowest BCUT2D eigenvalue weighted by Gasteiger charge is -2.06. The van der Waals surface area contributed by atoms with Crippen LogP contribution in [0.1, 0.15) is 83.1 Å². The molecule has 1 aromatic rings. The number of allylic oxidation sites excluding steroid dienone is 2. The van der Waals surface area contributed by atoms with Crippen molar-refractivity contribution < 1.29 is 0 Å². The number of nitrogens with one attached hydrogen (secondary N) is 1. The molecule has 132 valence electrons. The lowest BCUT2D eigenvalue weighted by atomic mass is 10.1. The minimum absolute atomic E-state index is 0.725.